The van der Waals surface area contributed by atoms with Gasteiger partial charge in [0.15, 0.2) is 12.0 Å². The van der Waals surface area contributed by atoms with E-state index < -0.39 is 18.1 Å². The lowest BCUT2D eigenvalue weighted by atomic mass is 9.96. The van der Waals surface area contributed by atoms with E-state index in [4.69, 9.17) is 9.47 Å². The fourth-order valence-electron chi connectivity index (χ4n) is 2.28. The summed E-state index contributed by atoms with van der Waals surface area (Å²) >= 11 is 0. The molecule has 0 aromatic heterocycles. The van der Waals surface area contributed by atoms with Gasteiger partial charge in [-0.3, -0.25) is 4.79 Å². The maximum absolute atomic E-state index is 12.3. The first-order valence-electron chi connectivity index (χ1n) is 6.66. The zero-order chi connectivity index (χ0) is 14.9. The third-order valence-corrected chi connectivity index (χ3v) is 3.66. The van der Waals surface area contributed by atoms with E-state index in [1.807, 2.05) is 13.0 Å². The molecule has 1 aliphatic rings. The number of nitrogens with zero attached hydrogens (tertiary/aromatic N) is 1. The van der Waals surface area contributed by atoms with Crippen LogP contribution in [0.5, 0.6) is 0 Å². The van der Waals surface area contributed by atoms with Crippen LogP contribution in [-0.2, 0) is 9.47 Å². The van der Waals surface area contributed by atoms with Gasteiger partial charge in [-0.2, -0.15) is 0 Å². The van der Waals surface area contributed by atoms with Crippen LogP contribution in [0.25, 0.3) is 0 Å². The highest BCUT2D eigenvalue weighted by molar-refractivity contribution is 5.95. The van der Waals surface area contributed by atoms with Crippen molar-refractivity contribution < 1.29 is 19.4 Å². The smallest absolute Gasteiger partial charge is 0.256 e. The monoisotopic (exact) mass is 279 g/mol. The van der Waals surface area contributed by atoms with Crippen molar-refractivity contribution in [3.63, 3.8) is 0 Å². The van der Waals surface area contributed by atoms with Crippen LogP contribution in [0, 0.1) is 0 Å². The molecule has 1 aromatic rings. The van der Waals surface area contributed by atoms with Crippen LogP contribution < -0.4 is 0 Å². The third-order valence-electron chi connectivity index (χ3n) is 3.66. The van der Waals surface area contributed by atoms with Gasteiger partial charge in [0.2, 0.25) is 0 Å². The minimum Gasteiger partial charge on any atom is -0.371 e. The first kappa shape index (κ1) is 15.0. The predicted molar refractivity (Wildman–Crippen MR) is 74.0 cm³/mol. The fraction of sp³-hybridized carbons (Fsp3) is 0.533. The summed E-state index contributed by atoms with van der Waals surface area (Å²) in [5, 5.41) is 10.2. The Labute approximate surface area is 119 Å². The number of hydrogen-bond donors (Lipinski definition) is 1. The van der Waals surface area contributed by atoms with Crippen LogP contribution in [-0.4, -0.2) is 47.2 Å². The number of aliphatic hydroxyl groups excluding tert-OH is 1. The molecule has 110 valence electrons. The van der Waals surface area contributed by atoms with Gasteiger partial charge in [-0.1, -0.05) is 18.2 Å². The van der Waals surface area contributed by atoms with E-state index in [0.29, 0.717) is 5.56 Å². The largest absolute Gasteiger partial charge is 0.371 e. The van der Waals surface area contributed by atoms with E-state index >= 15 is 0 Å². The summed E-state index contributed by atoms with van der Waals surface area (Å²) in [6.45, 7) is 5.40. The second kappa shape index (κ2) is 5.52. The number of carbonyl (C=O) groups excluding carboxylic acids is 1. The van der Waals surface area contributed by atoms with Gasteiger partial charge in [-0.25, -0.2) is 0 Å². The Morgan fingerprint density at radius 2 is 1.90 bits per heavy atom. The minimum atomic E-state index is -0.952. The number of hydrogen-bond acceptors (Lipinski definition) is 4. The molecule has 2 rings (SSSR count). The van der Waals surface area contributed by atoms with Crippen molar-refractivity contribution in [2.24, 2.45) is 0 Å². The topological polar surface area (TPSA) is 59.0 Å². The van der Waals surface area contributed by atoms with Gasteiger partial charge >= 0.3 is 0 Å². The highest BCUT2D eigenvalue weighted by atomic mass is 16.7. The van der Waals surface area contributed by atoms with E-state index in [-0.39, 0.29) is 11.9 Å². The normalized spacial score (nSPS) is 26.2. The average Bonchev–Trinajstić information content (AvgIpc) is 2.46. The molecule has 0 bridgehead atoms. The molecule has 1 heterocycles. The number of carbonyl (C=O) groups is 1. The molecule has 1 fully saturated rings. The van der Waals surface area contributed by atoms with Gasteiger partial charge < -0.3 is 19.5 Å². The lowest BCUT2D eigenvalue weighted by Gasteiger charge is -2.52. The predicted octanol–water partition coefficient (Wildman–Crippen LogP) is 1.62. The SMILES string of the molecule is COC(C)(C)O[C@H]1C(O)N(C(=O)c2ccccc2)[C@H]1C. The molecule has 20 heavy (non-hydrogen) atoms. The van der Waals surface area contributed by atoms with Crippen molar-refractivity contribution >= 4 is 5.91 Å². The number of amides is 1. The molecule has 0 spiro atoms. The van der Waals surface area contributed by atoms with Gasteiger partial charge in [-0.15, -0.1) is 0 Å². The minimum absolute atomic E-state index is 0.194. The van der Waals surface area contributed by atoms with Crippen LogP contribution >= 0.6 is 0 Å². The van der Waals surface area contributed by atoms with E-state index in [1.54, 1.807) is 45.2 Å². The Balaban J connectivity index is 2.05. The molecule has 0 radical (unpaired) electrons. The second-order valence-corrected chi connectivity index (χ2v) is 5.42. The standard InChI is InChI=1S/C15H21NO4/c1-10-12(20-15(2,3)19-4)14(18)16(10)13(17)11-8-6-5-7-9-11/h5-10,12,14,18H,1-4H3/t10-,12+,14?/m0/s1. The van der Waals surface area contributed by atoms with Crippen molar-refractivity contribution in [3.8, 4) is 0 Å². The Kier molecular flexibility index (Phi) is 4.13. The molecule has 0 saturated carbocycles. The maximum Gasteiger partial charge on any atom is 0.256 e. The Morgan fingerprint density at radius 3 is 2.40 bits per heavy atom. The van der Waals surface area contributed by atoms with E-state index in [1.165, 1.54) is 4.90 Å². The Bertz CT molecular complexity index is 464. The van der Waals surface area contributed by atoms with Crippen LogP contribution in [0.1, 0.15) is 31.1 Å². The van der Waals surface area contributed by atoms with Crippen molar-refractivity contribution in [3.05, 3.63) is 35.9 Å². The number of benzene rings is 1. The van der Waals surface area contributed by atoms with E-state index in [0.717, 1.165) is 0 Å². The number of aliphatic hydroxyl groups is 1. The van der Waals surface area contributed by atoms with Crippen LogP contribution in [0.15, 0.2) is 30.3 Å². The van der Waals surface area contributed by atoms with Crippen molar-refractivity contribution in [2.45, 2.75) is 44.9 Å². The first-order valence-corrected chi connectivity index (χ1v) is 6.66. The summed E-state index contributed by atoms with van der Waals surface area (Å²) < 4.78 is 10.9. The molecule has 5 nitrogen and oxygen atoms in total. The number of ether oxygens (including phenoxy) is 2. The summed E-state index contributed by atoms with van der Waals surface area (Å²) in [7, 11) is 1.54. The van der Waals surface area contributed by atoms with Crippen LogP contribution in [0.4, 0.5) is 0 Å². The fourth-order valence-corrected chi connectivity index (χ4v) is 2.28. The molecule has 1 aliphatic heterocycles. The molecular weight excluding hydrogens is 258 g/mol. The lowest BCUT2D eigenvalue weighted by molar-refractivity contribution is -0.300. The highest BCUT2D eigenvalue weighted by Gasteiger charge is 2.50. The summed E-state index contributed by atoms with van der Waals surface area (Å²) in [4.78, 5) is 13.7. The molecule has 5 heteroatoms. The van der Waals surface area contributed by atoms with E-state index in [9.17, 15) is 9.90 Å². The van der Waals surface area contributed by atoms with Crippen molar-refractivity contribution in [1.29, 1.82) is 0 Å². The summed E-state index contributed by atoms with van der Waals surface area (Å²) in [5.41, 5.74) is 0.558. The molecule has 3 atom stereocenters. The molecule has 0 aliphatic carbocycles. The third kappa shape index (κ3) is 2.70. The maximum atomic E-state index is 12.3. The average molecular weight is 279 g/mol. The zero-order valence-electron chi connectivity index (χ0n) is 12.2. The summed E-state index contributed by atoms with van der Waals surface area (Å²) in [6.07, 6.45) is -1.40. The van der Waals surface area contributed by atoms with Gasteiger partial charge in [0, 0.05) is 12.7 Å². The highest BCUT2D eigenvalue weighted by Crippen LogP contribution is 2.32. The molecule has 1 saturated heterocycles. The lowest BCUT2D eigenvalue weighted by Crippen LogP contribution is -2.70. The van der Waals surface area contributed by atoms with Crippen molar-refractivity contribution in [1.82, 2.24) is 4.90 Å². The van der Waals surface area contributed by atoms with E-state index in [2.05, 4.69) is 0 Å². The Hall–Kier alpha value is -1.43. The molecule has 1 aromatic carbocycles. The summed E-state index contributed by atoms with van der Waals surface area (Å²) in [5.74, 6) is -0.984. The van der Waals surface area contributed by atoms with Gasteiger partial charge in [0.25, 0.3) is 5.91 Å². The van der Waals surface area contributed by atoms with Gasteiger partial charge in [-0.05, 0) is 32.9 Å². The molecular formula is C15H21NO4. The van der Waals surface area contributed by atoms with Crippen molar-refractivity contribution in [2.75, 3.05) is 7.11 Å². The zero-order valence-corrected chi connectivity index (χ0v) is 12.2. The number of methoxy groups -OCH3 is 1. The van der Waals surface area contributed by atoms with Gasteiger partial charge in [0.05, 0.1) is 6.04 Å². The number of rotatable bonds is 4. The second-order valence-electron chi connectivity index (χ2n) is 5.42. The summed E-state index contributed by atoms with van der Waals surface area (Å²) in [6, 6.07) is 8.70. The van der Waals surface area contributed by atoms with Crippen LogP contribution in [0.2, 0.25) is 0 Å². The Morgan fingerprint density at radius 1 is 1.30 bits per heavy atom. The number of likely N-dealkylation sites (tertiary alicyclic amines) is 1. The van der Waals surface area contributed by atoms with Crippen LogP contribution in [0.3, 0.4) is 0 Å². The molecule has 1 unspecified atom stereocenters. The molecule has 1 amide bonds. The van der Waals surface area contributed by atoms with Gasteiger partial charge in [0.1, 0.15) is 6.10 Å². The first-order chi connectivity index (χ1) is 9.37. The molecule has 1 N–H and O–H groups in total. The quantitative estimate of drug-likeness (QED) is 0.851.